The van der Waals surface area contributed by atoms with Crippen molar-refractivity contribution in [3.05, 3.63) is 21.6 Å². The molecule has 0 heterocycles. The number of anilines is 1. The zero-order chi connectivity index (χ0) is 11.7. The van der Waals surface area contributed by atoms with Gasteiger partial charge in [-0.25, -0.2) is 0 Å². The van der Waals surface area contributed by atoms with Crippen LogP contribution in [0.5, 0.6) is 5.75 Å². The van der Waals surface area contributed by atoms with Gasteiger partial charge >= 0.3 is 0 Å². The van der Waals surface area contributed by atoms with E-state index in [4.69, 9.17) is 16.3 Å². The van der Waals surface area contributed by atoms with Gasteiger partial charge in [-0.1, -0.05) is 11.6 Å². The third-order valence-electron chi connectivity index (χ3n) is 2.92. The van der Waals surface area contributed by atoms with Crippen molar-refractivity contribution in [2.24, 2.45) is 5.92 Å². The smallest absolute Gasteiger partial charge is 0.156 e. The number of benzene rings is 1. The van der Waals surface area contributed by atoms with E-state index in [1.165, 1.54) is 12.8 Å². The number of hydrogen-bond donors (Lipinski definition) is 1. The maximum absolute atomic E-state index is 6.03. The van der Waals surface area contributed by atoms with Crippen LogP contribution in [0.25, 0.3) is 0 Å². The number of methoxy groups -OCH3 is 1. The number of halogens is 2. The lowest BCUT2D eigenvalue weighted by Crippen LogP contribution is -2.17. The fourth-order valence-electron chi connectivity index (χ4n) is 1.83. The van der Waals surface area contributed by atoms with Crippen LogP contribution in [0, 0.1) is 5.92 Å². The molecule has 1 aliphatic rings. The molecule has 0 radical (unpaired) electrons. The molecule has 2 nitrogen and oxygen atoms in total. The van der Waals surface area contributed by atoms with Crippen molar-refractivity contribution in [3.63, 3.8) is 0 Å². The molecule has 1 fully saturated rings. The van der Waals surface area contributed by atoms with Crippen molar-refractivity contribution in [2.45, 2.75) is 25.8 Å². The van der Waals surface area contributed by atoms with Crippen LogP contribution in [0.2, 0.25) is 5.02 Å². The van der Waals surface area contributed by atoms with Gasteiger partial charge in [0.05, 0.1) is 17.3 Å². The monoisotopic (exact) mass is 303 g/mol. The van der Waals surface area contributed by atoms with Gasteiger partial charge in [0.1, 0.15) is 0 Å². The zero-order valence-electron chi connectivity index (χ0n) is 9.39. The minimum atomic E-state index is 0.472. The van der Waals surface area contributed by atoms with E-state index >= 15 is 0 Å². The Morgan fingerprint density at radius 2 is 2.19 bits per heavy atom. The Morgan fingerprint density at radius 3 is 2.75 bits per heavy atom. The predicted molar refractivity (Wildman–Crippen MR) is 71.5 cm³/mol. The Balaban J connectivity index is 2.23. The predicted octanol–water partition coefficient (Wildman–Crippen LogP) is 4.32. The molecule has 0 saturated heterocycles. The van der Waals surface area contributed by atoms with Crippen LogP contribution in [0.3, 0.4) is 0 Å². The summed E-state index contributed by atoms with van der Waals surface area (Å²) in [5, 5.41) is 4.17. The van der Waals surface area contributed by atoms with Gasteiger partial charge in [-0.2, -0.15) is 0 Å². The number of ether oxygens (including phenoxy) is 1. The topological polar surface area (TPSA) is 21.3 Å². The maximum atomic E-state index is 6.03. The quantitative estimate of drug-likeness (QED) is 0.894. The molecule has 1 saturated carbocycles. The fraction of sp³-hybridized carbons (Fsp3) is 0.500. The van der Waals surface area contributed by atoms with Gasteiger partial charge in [0, 0.05) is 11.1 Å². The molecule has 1 unspecified atom stereocenters. The molecule has 1 atom stereocenters. The molecular formula is C12H15BrClNO. The maximum Gasteiger partial charge on any atom is 0.156 e. The van der Waals surface area contributed by atoms with E-state index in [0.717, 1.165) is 21.8 Å². The van der Waals surface area contributed by atoms with Gasteiger partial charge < -0.3 is 10.1 Å². The standard InChI is InChI=1S/C12H15BrClNO/c1-7(8-3-4-8)15-11-6-9(14)5-10(13)12(11)16-2/h5-8,15H,3-4H2,1-2H3. The molecule has 88 valence electrons. The molecule has 2 rings (SSSR count). The van der Waals surface area contributed by atoms with Crippen molar-refractivity contribution in [1.29, 1.82) is 0 Å². The first-order valence-electron chi connectivity index (χ1n) is 5.41. The molecule has 1 aromatic carbocycles. The molecule has 16 heavy (non-hydrogen) atoms. The van der Waals surface area contributed by atoms with E-state index < -0.39 is 0 Å². The Bertz CT molecular complexity index is 393. The third kappa shape index (κ3) is 2.64. The Kier molecular flexibility index (Phi) is 3.65. The molecule has 0 amide bonds. The van der Waals surface area contributed by atoms with E-state index in [1.807, 2.05) is 12.1 Å². The lowest BCUT2D eigenvalue weighted by atomic mass is 10.2. The first-order valence-corrected chi connectivity index (χ1v) is 6.58. The van der Waals surface area contributed by atoms with E-state index in [9.17, 15) is 0 Å². The second kappa shape index (κ2) is 4.84. The van der Waals surface area contributed by atoms with E-state index in [1.54, 1.807) is 7.11 Å². The molecule has 0 aliphatic heterocycles. The molecule has 0 spiro atoms. The average Bonchev–Trinajstić information content (AvgIpc) is 2.99. The van der Waals surface area contributed by atoms with Gasteiger partial charge in [0.2, 0.25) is 0 Å². The molecular weight excluding hydrogens is 289 g/mol. The first-order chi connectivity index (χ1) is 7.61. The minimum Gasteiger partial charge on any atom is -0.493 e. The van der Waals surface area contributed by atoms with Crippen LogP contribution in [-0.2, 0) is 0 Å². The molecule has 1 N–H and O–H groups in total. The summed E-state index contributed by atoms with van der Waals surface area (Å²) < 4.78 is 6.25. The van der Waals surface area contributed by atoms with Crippen molar-refractivity contribution in [1.82, 2.24) is 0 Å². The summed E-state index contributed by atoms with van der Waals surface area (Å²) in [5.41, 5.74) is 0.960. The van der Waals surface area contributed by atoms with Crippen molar-refractivity contribution < 1.29 is 4.74 Å². The van der Waals surface area contributed by atoms with Gasteiger partial charge in [-0.05, 0) is 53.7 Å². The van der Waals surface area contributed by atoms with E-state index in [2.05, 4.69) is 28.2 Å². The minimum absolute atomic E-state index is 0.472. The van der Waals surface area contributed by atoms with Crippen molar-refractivity contribution >= 4 is 33.2 Å². The second-order valence-corrected chi connectivity index (χ2v) is 5.53. The van der Waals surface area contributed by atoms with Crippen molar-refractivity contribution in [2.75, 3.05) is 12.4 Å². The third-order valence-corrected chi connectivity index (χ3v) is 3.73. The van der Waals surface area contributed by atoms with Gasteiger partial charge in [0.25, 0.3) is 0 Å². The summed E-state index contributed by atoms with van der Waals surface area (Å²) in [5.74, 6) is 1.61. The van der Waals surface area contributed by atoms with Crippen LogP contribution < -0.4 is 10.1 Å². The molecule has 1 aliphatic carbocycles. The van der Waals surface area contributed by atoms with Crippen LogP contribution in [0.15, 0.2) is 16.6 Å². The summed E-state index contributed by atoms with van der Waals surface area (Å²) in [6.07, 6.45) is 2.64. The van der Waals surface area contributed by atoms with Gasteiger partial charge in [-0.3, -0.25) is 0 Å². The molecule has 0 aromatic heterocycles. The highest BCUT2D eigenvalue weighted by Gasteiger charge is 2.28. The zero-order valence-corrected chi connectivity index (χ0v) is 11.7. The highest BCUT2D eigenvalue weighted by molar-refractivity contribution is 9.10. The molecule has 0 bridgehead atoms. The highest BCUT2D eigenvalue weighted by Crippen LogP contribution is 2.39. The van der Waals surface area contributed by atoms with Crippen LogP contribution in [0.1, 0.15) is 19.8 Å². The normalized spacial score (nSPS) is 17.0. The lowest BCUT2D eigenvalue weighted by Gasteiger charge is -2.18. The van der Waals surface area contributed by atoms with Crippen LogP contribution in [0.4, 0.5) is 5.69 Å². The Labute approximate surface area is 109 Å². The SMILES string of the molecule is COc1c(Br)cc(Cl)cc1NC(C)C1CC1. The number of nitrogens with one attached hydrogen (secondary N) is 1. The summed E-state index contributed by atoms with van der Waals surface area (Å²) in [4.78, 5) is 0. The van der Waals surface area contributed by atoms with E-state index in [-0.39, 0.29) is 0 Å². The van der Waals surface area contributed by atoms with Crippen molar-refractivity contribution in [3.8, 4) is 5.75 Å². The number of rotatable bonds is 4. The Morgan fingerprint density at radius 1 is 1.50 bits per heavy atom. The van der Waals surface area contributed by atoms with Crippen LogP contribution in [-0.4, -0.2) is 13.2 Å². The summed E-state index contributed by atoms with van der Waals surface area (Å²) >= 11 is 9.48. The average molecular weight is 305 g/mol. The fourth-order valence-corrected chi connectivity index (χ4v) is 2.81. The summed E-state index contributed by atoms with van der Waals surface area (Å²) in [6, 6.07) is 4.22. The lowest BCUT2D eigenvalue weighted by molar-refractivity contribution is 0.413. The summed E-state index contributed by atoms with van der Waals surface area (Å²) in [7, 11) is 1.67. The molecule has 4 heteroatoms. The van der Waals surface area contributed by atoms with E-state index in [0.29, 0.717) is 11.1 Å². The number of hydrogen-bond acceptors (Lipinski definition) is 2. The van der Waals surface area contributed by atoms with Crippen LogP contribution >= 0.6 is 27.5 Å². The van der Waals surface area contributed by atoms with Gasteiger partial charge in [0.15, 0.2) is 5.75 Å². The largest absolute Gasteiger partial charge is 0.493 e. The first kappa shape index (κ1) is 12.1. The summed E-state index contributed by atoms with van der Waals surface area (Å²) in [6.45, 7) is 2.20. The second-order valence-electron chi connectivity index (χ2n) is 4.24. The van der Waals surface area contributed by atoms with Gasteiger partial charge in [-0.15, -0.1) is 0 Å². The Hall–Kier alpha value is -0.410. The molecule has 1 aromatic rings. The highest BCUT2D eigenvalue weighted by atomic mass is 79.9.